The second-order valence-electron chi connectivity index (χ2n) is 10.6. The van der Waals surface area contributed by atoms with E-state index in [-0.39, 0.29) is 0 Å². The lowest BCUT2D eigenvalue weighted by Crippen LogP contribution is -2.46. The van der Waals surface area contributed by atoms with Crippen LogP contribution in [0.25, 0.3) is 0 Å². The van der Waals surface area contributed by atoms with E-state index in [2.05, 4.69) is 141 Å². The third-order valence-electron chi connectivity index (χ3n) is 7.23. The second kappa shape index (κ2) is 12.9. The smallest absolute Gasteiger partial charge is 0.0631 e. The largest absolute Gasteiger partial charge is 0.279 e. The predicted molar refractivity (Wildman–Crippen MR) is 157 cm³/mol. The fraction of sp³-hybridized carbons (Fsp3) is 0.314. The number of nitrogens with zero attached hydrogens (tertiary/aromatic N) is 2. The Hall–Kier alpha value is -3.20. The van der Waals surface area contributed by atoms with E-state index in [9.17, 15) is 0 Å². The van der Waals surface area contributed by atoms with Crippen LogP contribution < -0.4 is 0 Å². The van der Waals surface area contributed by atoms with Gasteiger partial charge in [-0.2, -0.15) is 0 Å². The maximum absolute atomic E-state index is 2.66. The zero-order valence-corrected chi connectivity index (χ0v) is 23.2. The Kier molecular flexibility index (Phi) is 9.33. The summed E-state index contributed by atoms with van der Waals surface area (Å²) in [6.07, 6.45) is 1.35. The van der Waals surface area contributed by atoms with E-state index in [0.717, 1.165) is 32.6 Å². The van der Waals surface area contributed by atoms with Crippen LogP contribution in [-0.4, -0.2) is 16.0 Å². The molecule has 0 bridgehead atoms. The summed E-state index contributed by atoms with van der Waals surface area (Å²) in [5, 5.41) is 0. The van der Waals surface area contributed by atoms with E-state index in [1.54, 1.807) is 0 Å². The number of hydrogen-bond acceptors (Lipinski definition) is 2. The van der Waals surface area contributed by atoms with Crippen LogP contribution in [0.3, 0.4) is 0 Å². The monoisotopic (exact) mass is 490 g/mol. The molecule has 0 fully saturated rings. The van der Waals surface area contributed by atoms with Gasteiger partial charge in [0.1, 0.15) is 0 Å². The molecular weight excluding hydrogens is 448 g/mol. The fourth-order valence-corrected chi connectivity index (χ4v) is 4.99. The molecule has 4 aromatic carbocycles. The van der Waals surface area contributed by atoms with Crippen LogP contribution >= 0.6 is 0 Å². The van der Waals surface area contributed by atoms with Gasteiger partial charge in [0.15, 0.2) is 0 Å². The van der Waals surface area contributed by atoms with Crippen LogP contribution in [-0.2, 0) is 26.2 Å². The Morgan fingerprint density at radius 3 is 0.811 bits per heavy atom. The van der Waals surface area contributed by atoms with Gasteiger partial charge in [-0.1, -0.05) is 126 Å². The standard InChI is InChI=1S/C35H42N2/c1-6-35(36(23-31-15-7-27(2)8-16-31)24-32-17-9-28(3)10-18-32)37(25-33-19-11-29(4)12-20-33)26-34-21-13-30(5)14-22-34/h7-22,35H,6,23-26H2,1-5H3. The average molecular weight is 491 g/mol. The van der Waals surface area contributed by atoms with Crippen molar-refractivity contribution in [1.29, 1.82) is 0 Å². The first-order chi connectivity index (χ1) is 17.9. The van der Waals surface area contributed by atoms with Crippen molar-refractivity contribution in [3.05, 3.63) is 142 Å². The summed E-state index contributed by atoms with van der Waals surface area (Å²) >= 11 is 0. The highest BCUT2D eigenvalue weighted by Gasteiger charge is 2.25. The van der Waals surface area contributed by atoms with E-state index >= 15 is 0 Å². The van der Waals surface area contributed by atoms with E-state index in [0.29, 0.717) is 6.17 Å². The molecule has 0 radical (unpaired) electrons. The topological polar surface area (TPSA) is 6.48 Å². The van der Waals surface area contributed by atoms with Crippen LogP contribution in [0.5, 0.6) is 0 Å². The summed E-state index contributed by atoms with van der Waals surface area (Å²) in [4.78, 5) is 5.33. The second-order valence-corrected chi connectivity index (χ2v) is 10.6. The van der Waals surface area contributed by atoms with Crippen molar-refractivity contribution in [1.82, 2.24) is 9.80 Å². The first-order valence-electron chi connectivity index (χ1n) is 13.6. The number of hydrogen-bond donors (Lipinski definition) is 0. The normalized spacial score (nSPS) is 11.6. The SMILES string of the molecule is CCC(N(Cc1ccc(C)cc1)Cc1ccc(C)cc1)N(Cc1ccc(C)cc1)Cc1ccc(C)cc1. The highest BCUT2D eigenvalue weighted by molar-refractivity contribution is 5.25. The zero-order valence-electron chi connectivity index (χ0n) is 23.2. The summed E-state index contributed by atoms with van der Waals surface area (Å²) in [5.74, 6) is 0. The van der Waals surface area contributed by atoms with Crippen LogP contribution in [0, 0.1) is 27.7 Å². The average Bonchev–Trinajstić information content (AvgIpc) is 2.89. The van der Waals surface area contributed by atoms with Crippen LogP contribution in [0.15, 0.2) is 97.1 Å². The minimum Gasteiger partial charge on any atom is -0.279 e. The molecular formula is C35H42N2. The lowest BCUT2D eigenvalue weighted by molar-refractivity contribution is 0.0153. The van der Waals surface area contributed by atoms with Gasteiger partial charge in [-0.05, 0) is 56.4 Å². The van der Waals surface area contributed by atoms with Gasteiger partial charge in [-0.3, -0.25) is 9.80 Å². The molecule has 0 amide bonds. The van der Waals surface area contributed by atoms with Crippen LogP contribution in [0.4, 0.5) is 0 Å². The summed E-state index contributed by atoms with van der Waals surface area (Å²) in [5.41, 5.74) is 10.7. The highest BCUT2D eigenvalue weighted by Crippen LogP contribution is 2.23. The van der Waals surface area contributed by atoms with E-state index < -0.39 is 0 Å². The molecule has 2 nitrogen and oxygen atoms in total. The molecule has 4 aromatic rings. The molecule has 0 atom stereocenters. The Labute approximate surface area is 224 Å². The molecule has 192 valence electrons. The van der Waals surface area contributed by atoms with Gasteiger partial charge in [0.25, 0.3) is 0 Å². The first-order valence-corrected chi connectivity index (χ1v) is 13.6. The molecule has 0 aliphatic heterocycles. The first kappa shape index (κ1) is 26.9. The van der Waals surface area contributed by atoms with Crippen molar-refractivity contribution in [3.63, 3.8) is 0 Å². The van der Waals surface area contributed by atoms with Gasteiger partial charge in [0.05, 0.1) is 6.17 Å². The quantitative estimate of drug-likeness (QED) is 0.195. The van der Waals surface area contributed by atoms with E-state index in [1.165, 1.54) is 44.5 Å². The van der Waals surface area contributed by atoms with E-state index in [4.69, 9.17) is 0 Å². The third-order valence-corrected chi connectivity index (χ3v) is 7.23. The Morgan fingerprint density at radius 2 is 0.622 bits per heavy atom. The van der Waals surface area contributed by atoms with Gasteiger partial charge < -0.3 is 0 Å². The molecule has 0 saturated carbocycles. The summed E-state index contributed by atoms with van der Waals surface area (Å²) in [6, 6.07) is 36.2. The molecule has 0 saturated heterocycles. The van der Waals surface area contributed by atoms with Gasteiger partial charge in [-0.25, -0.2) is 0 Å². The molecule has 37 heavy (non-hydrogen) atoms. The minimum atomic E-state index is 0.296. The molecule has 0 spiro atoms. The van der Waals surface area contributed by atoms with Crippen molar-refractivity contribution < 1.29 is 0 Å². The summed E-state index contributed by atoms with van der Waals surface area (Å²) in [7, 11) is 0. The van der Waals surface area contributed by atoms with Crippen molar-refractivity contribution in [2.45, 2.75) is 73.4 Å². The number of benzene rings is 4. The van der Waals surface area contributed by atoms with Crippen molar-refractivity contribution in [2.24, 2.45) is 0 Å². The zero-order chi connectivity index (χ0) is 26.2. The molecule has 0 aromatic heterocycles. The predicted octanol–water partition coefficient (Wildman–Crippen LogP) is 8.36. The van der Waals surface area contributed by atoms with Gasteiger partial charge in [0.2, 0.25) is 0 Å². The Morgan fingerprint density at radius 1 is 0.405 bits per heavy atom. The molecule has 0 aliphatic rings. The maximum atomic E-state index is 2.66. The summed E-state index contributed by atoms with van der Waals surface area (Å²) in [6.45, 7) is 14.7. The number of rotatable bonds is 11. The molecule has 0 N–H and O–H groups in total. The highest BCUT2D eigenvalue weighted by atomic mass is 15.3. The molecule has 0 heterocycles. The van der Waals surface area contributed by atoms with Gasteiger partial charge in [-0.15, -0.1) is 0 Å². The van der Waals surface area contributed by atoms with E-state index in [1.807, 2.05) is 0 Å². The molecule has 4 rings (SSSR count). The van der Waals surface area contributed by atoms with Crippen LogP contribution in [0.2, 0.25) is 0 Å². The fourth-order valence-electron chi connectivity index (χ4n) is 4.99. The summed E-state index contributed by atoms with van der Waals surface area (Å²) < 4.78 is 0. The minimum absolute atomic E-state index is 0.296. The van der Waals surface area contributed by atoms with Crippen molar-refractivity contribution >= 4 is 0 Å². The lowest BCUT2D eigenvalue weighted by atomic mass is 10.1. The lowest BCUT2D eigenvalue weighted by Gasteiger charge is -2.40. The van der Waals surface area contributed by atoms with Crippen LogP contribution in [0.1, 0.15) is 57.9 Å². The third kappa shape index (κ3) is 7.89. The van der Waals surface area contributed by atoms with Gasteiger partial charge >= 0.3 is 0 Å². The Bertz CT molecular complexity index is 1030. The maximum Gasteiger partial charge on any atom is 0.0631 e. The van der Waals surface area contributed by atoms with Gasteiger partial charge in [0, 0.05) is 26.2 Å². The van der Waals surface area contributed by atoms with Crippen molar-refractivity contribution in [3.8, 4) is 0 Å². The van der Waals surface area contributed by atoms with Crippen molar-refractivity contribution in [2.75, 3.05) is 0 Å². The Balaban J connectivity index is 1.68. The molecule has 0 aliphatic carbocycles. The number of aryl methyl sites for hydroxylation is 4. The molecule has 2 heteroatoms. The molecule has 0 unspecified atom stereocenters.